The van der Waals surface area contributed by atoms with Crippen LogP contribution < -0.4 is 10.5 Å². The highest BCUT2D eigenvalue weighted by Gasteiger charge is 2.11. The molecule has 0 unspecified atom stereocenters. The summed E-state index contributed by atoms with van der Waals surface area (Å²) in [6, 6.07) is 2.75. The second-order valence-electron chi connectivity index (χ2n) is 2.39. The molecule has 0 saturated heterocycles. The third-order valence-electron chi connectivity index (χ3n) is 1.43. The predicted octanol–water partition coefficient (Wildman–Crippen LogP) is 1.95. The van der Waals surface area contributed by atoms with E-state index in [9.17, 15) is 18.0 Å². The third-order valence-corrected chi connectivity index (χ3v) is 1.43. The summed E-state index contributed by atoms with van der Waals surface area (Å²) >= 11 is 0. The van der Waals surface area contributed by atoms with Crippen molar-refractivity contribution in [2.75, 3.05) is 0 Å². The first-order valence-electron chi connectivity index (χ1n) is 3.55. The second kappa shape index (κ2) is 5.45. The van der Waals surface area contributed by atoms with Crippen LogP contribution in [0.3, 0.4) is 0 Å². The Morgan fingerprint density at radius 1 is 1.40 bits per heavy atom. The molecule has 15 heavy (non-hydrogen) atoms. The van der Waals surface area contributed by atoms with Gasteiger partial charge in [0.2, 0.25) is 5.91 Å². The minimum Gasteiger partial charge on any atom is -0.432 e. The third kappa shape index (κ3) is 3.67. The Kier molecular flexibility index (Phi) is 4.93. The number of primary amides is 1. The largest absolute Gasteiger partial charge is 0.432 e. The van der Waals surface area contributed by atoms with Gasteiger partial charge in [0.25, 0.3) is 0 Å². The van der Waals surface area contributed by atoms with Crippen LogP contribution in [0.5, 0.6) is 5.75 Å². The van der Waals surface area contributed by atoms with E-state index in [1.165, 1.54) is 0 Å². The maximum absolute atomic E-state index is 12.9. The Balaban J connectivity index is 0.00000196. The fraction of sp³-hybridized carbons (Fsp3) is 0.125. The van der Waals surface area contributed by atoms with Gasteiger partial charge in [0.1, 0.15) is 0 Å². The van der Waals surface area contributed by atoms with Crippen molar-refractivity contribution in [1.29, 1.82) is 0 Å². The van der Waals surface area contributed by atoms with Gasteiger partial charge in [-0.05, 0) is 18.2 Å². The van der Waals surface area contributed by atoms with Crippen LogP contribution in [0.25, 0.3) is 0 Å². The standard InChI is InChI=1S/C8H6F3NO2.ClH/c9-5-3-4(7(12)13)1-2-6(5)14-8(10)11;/h1-3,8H,(H2,12,13);1H. The number of hydrogen-bond acceptors (Lipinski definition) is 2. The molecule has 1 rings (SSSR count). The van der Waals surface area contributed by atoms with Crippen molar-refractivity contribution in [3.63, 3.8) is 0 Å². The topological polar surface area (TPSA) is 52.3 Å². The van der Waals surface area contributed by atoms with Crippen molar-refractivity contribution in [2.24, 2.45) is 5.73 Å². The second-order valence-corrected chi connectivity index (χ2v) is 2.39. The van der Waals surface area contributed by atoms with Gasteiger partial charge in [0.15, 0.2) is 11.6 Å². The molecule has 84 valence electrons. The average Bonchev–Trinajstić information content (AvgIpc) is 2.07. The van der Waals surface area contributed by atoms with E-state index in [0.717, 1.165) is 18.2 Å². The summed E-state index contributed by atoms with van der Waals surface area (Å²) in [5.41, 5.74) is 4.73. The molecule has 0 aliphatic carbocycles. The smallest absolute Gasteiger partial charge is 0.387 e. The lowest BCUT2D eigenvalue weighted by molar-refractivity contribution is -0.0521. The summed E-state index contributed by atoms with van der Waals surface area (Å²) in [4.78, 5) is 10.6. The normalized spacial score (nSPS) is 9.60. The van der Waals surface area contributed by atoms with Crippen LogP contribution in [0.4, 0.5) is 13.2 Å². The molecule has 0 fully saturated rings. The molecule has 0 saturated carbocycles. The van der Waals surface area contributed by atoms with Crippen molar-refractivity contribution in [3.05, 3.63) is 29.6 Å². The SMILES string of the molecule is Cl.NC(=O)c1ccc(OC(F)F)c(F)c1. The van der Waals surface area contributed by atoms with Crippen molar-refractivity contribution >= 4 is 18.3 Å². The first-order valence-corrected chi connectivity index (χ1v) is 3.55. The zero-order chi connectivity index (χ0) is 10.7. The average molecular weight is 242 g/mol. The maximum atomic E-state index is 12.9. The van der Waals surface area contributed by atoms with Crippen molar-refractivity contribution in [1.82, 2.24) is 0 Å². The summed E-state index contributed by atoms with van der Waals surface area (Å²) in [6.45, 7) is -3.11. The molecule has 0 aliphatic rings. The number of amides is 1. The van der Waals surface area contributed by atoms with Crippen LogP contribution in [-0.2, 0) is 0 Å². The molecule has 0 radical (unpaired) electrons. The first-order chi connectivity index (χ1) is 6.50. The highest BCUT2D eigenvalue weighted by molar-refractivity contribution is 5.92. The zero-order valence-corrected chi connectivity index (χ0v) is 8.06. The molecule has 0 bridgehead atoms. The molecule has 7 heteroatoms. The number of nitrogens with two attached hydrogens (primary N) is 1. The summed E-state index contributed by atoms with van der Waals surface area (Å²) in [5, 5.41) is 0. The maximum Gasteiger partial charge on any atom is 0.387 e. The van der Waals surface area contributed by atoms with Gasteiger partial charge >= 0.3 is 6.61 Å². The Labute approximate surface area is 89.4 Å². The number of carbonyl (C=O) groups excluding carboxylic acids is 1. The summed E-state index contributed by atoms with van der Waals surface area (Å²) < 4.78 is 40.1. The summed E-state index contributed by atoms with van der Waals surface area (Å²) in [6.07, 6.45) is 0. The molecule has 0 spiro atoms. The van der Waals surface area contributed by atoms with Gasteiger partial charge in [-0.25, -0.2) is 4.39 Å². The number of alkyl halides is 2. The van der Waals surface area contributed by atoms with Crippen LogP contribution in [0.2, 0.25) is 0 Å². The van der Waals surface area contributed by atoms with Gasteiger partial charge in [-0.1, -0.05) is 0 Å². The highest BCUT2D eigenvalue weighted by atomic mass is 35.5. The number of hydrogen-bond donors (Lipinski definition) is 1. The quantitative estimate of drug-likeness (QED) is 0.879. The molecule has 0 heterocycles. The monoisotopic (exact) mass is 241 g/mol. The van der Waals surface area contributed by atoms with E-state index in [1.807, 2.05) is 0 Å². The minimum atomic E-state index is -3.11. The van der Waals surface area contributed by atoms with Gasteiger partial charge in [0.05, 0.1) is 0 Å². The van der Waals surface area contributed by atoms with Crippen molar-refractivity contribution in [2.45, 2.75) is 6.61 Å². The number of benzene rings is 1. The van der Waals surface area contributed by atoms with Gasteiger partial charge in [-0.15, -0.1) is 12.4 Å². The Morgan fingerprint density at radius 3 is 2.40 bits per heavy atom. The predicted molar refractivity (Wildman–Crippen MR) is 48.8 cm³/mol. The van der Waals surface area contributed by atoms with Gasteiger partial charge < -0.3 is 10.5 Å². The van der Waals surface area contributed by atoms with E-state index in [1.54, 1.807) is 0 Å². The lowest BCUT2D eigenvalue weighted by atomic mass is 10.2. The number of ether oxygens (including phenoxy) is 1. The van der Waals surface area contributed by atoms with Gasteiger partial charge in [-0.2, -0.15) is 8.78 Å². The molecule has 1 aromatic carbocycles. The van der Waals surface area contributed by atoms with Crippen molar-refractivity contribution in [3.8, 4) is 5.75 Å². The Morgan fingerprint density at radius 2 is 2.00 bits per heavy atom. The summed E-state index contributed by atoms with van der Waals surface area (Å²) in [5.74, 6) is -2.51. The Bertz CT molecular complexity index is 360. The highest BCUT2D eigenvalue weighted by Crippen LogP contribution is 2.19. The van der Waals surface area contributed by atoms with Gasteiger partial charge in [-0.3, -0.25) is 4.79 Å². The van der Waals surface area contributed by atoms with E-state index in [0.29, 0.717) is 0 Å². The van der Waals surface area contributed by atoms with E-state index in [4.69, 9.17) is 5.73 Å². The molecule has 0 aromatic heterocycles. The van der Waals surface area contributed by atoms with Crippen LogP contribution >= 0.6 is 12.4 Å². The lowest BCUT2D eigenvalue weighted by Gasteiger charge is -2.05. The number of halogens is 4. The first kappa shape index (κ1) is 13.6. The number of rotatable bonds is 3. The van der Waals surface area contributed by atoms with E-state index >= 15 is 0 Å². The fourth-order valence-electron chi connectivity index (χ4n) is 0.846. The molecule has 1 amide bonds. The number of carbonyl (C=O) groups is 1. The van der Waals surface area contributed by atoms with E-state index < -0.39 is 24.1 Å². The van der Waals surface area contributed by atoms with Crippen LogP contribution in [0, 0.1) is 5.82 Å². The Hall–Kier alpha value is -1.43. The molecular weight excluding hydrogens is 235 g/mol. The molecule has 1 aromatic rings. The van der Waals surface area contributed by atoms with Gasteiger partial charge in [0, 0.05) is 5.56 Å². The molecule has 0 atom stereocenters. The van der Waals surface area contributed by atoms with Crippen LogP contribution in [0.15, 0.2) is 18.2 Å². The van der Waals surface area contributed by atoms with E-state index in [2.05, 4.69) is 4.74 Å². The van der Waals surface area contributed by atoms with Crippen molar-refractivity contribution < 1.29 is 22.7 Å². The molecule has 3 nitrogen and oxygen atoms in total. The summed E-state index contributed by atoms with van der Waals surface area (Å²) in [7, 11) is 0. The zero-order valence-electron chi connectivity index (χ0n) is 7.25. The molecule has 0 aliphatic heterocycles. The van der Waals surface area contributed by atoms with Crippen LogP contribution in [-0.4, -0.2) is 12.5 Å². The fourth-order valence-corrected chi connectivity index (χ4v) is 0.846. The lowest BCUT2D eigenvalue weighted by Crippen LogP contribution is -2.11. The molecular formula is C8H7ClF3NO2. The van der Waals surface area contributed by atoms with Crippen LogP contribution in [0.1, 0.15) is 10.4 Å². The molecule has 2 N–H and O–H groups in total. The minimum absolute atomic E-state index is 0. The van der Waals surface area contributed by atoms with E-state index in [-0.39, 0.29) is 18.0 Å².